The van der Waals surface area contributed by atoms with E-state index in [0.29, 0.717) is 0 Å². The Hall–Kier alpha value is -2.35. The van der Waals surface area contributed by atoms with Crippen LogP contribution in [-0.4, -0.2) is 45.0 Å². The summed E-state index contributed by atoms with van der Waals surface area (Å²) in [6.07, 6.45) is 0.157. The summed E-state index contributed by atoms with van der Waals surface area (Å²) in [5.41, 5.74) is -0.190. The highest BCUT2D eigenvalue weighted by atomic mass is 32.2. The highest BCUT2D eigenvalue weighted by Crippen LogP contribution is 2.30. The van der Waals surface area contributed by atoms with Gasteiger partial charge >= 0.3 is 11.9 Å². The molecule has 8 heteroatoms. The SMILES string of the molecule is CC(=O)SC1CC(=O)N(c2cc(C(=O)O)cc(C(=O)O)c2)C1. The lowest BCUT2D eigenvalue weighted by molar-refractivity contribution is -0.117. The van der Waals surface area contributed by atoms with Crippen molar-refractivity contribution in [3.8, 4) is 0 Å². The normalized spacial score (nSPS) is 17.6. The first kappa shape index (κ1) is 16.0. The molecule has 0 aromatic heterocycles. The smallest absolute Gasteiger partial charge is 0.335 e. The molecule has 0 aliphatic carbocycles. The fourth-order valence-electron chi connectivity index (χ4n) is 2.25. The van der Waals surface area contributed by atoms with Crippen LogP contribution in [0.2, 0.25) is 0 Å². The molecular formula is C14H13NO6S. The number of thioether (sulfide) groups is 1. The third-order valence-corrected chi connectivity index (χ3v) is 4.13. The van der Waals surface area contributed by atoms with Crippen LogP contribution in [-0.2, 0) is 9.59 Å². The van der Waals surface area contributed by atoms with Crippen molar-refractivity contribution >= 4 is 40.4 Å². The lowest BCUT2D eigenvalue weighted by Crippen LogP contribution is -2.25. The van der Waals surface area contributed by atoms with Gasteiger partial charge in [-0.05, 0) is 18.2 Å². The first-order valence-electron chi connectivity index (χ1n) is 6.37. The van der Waals surface area contributed by atoms with Gasteiger partial charge in [-0.2, -0.15) is 0 Å². The third kappa shape index (κ3) is 3.45. The van der Waals surface area contributed by atoms with Gasteiger partial charge in [0.1, 0.15) is 0 Å². The van der Waals surface area contributed by atoms with E-state index in [0.717, 1.165) is 17.8 Å². The van der Waals surface area contributed by atoms with Gasteiger partial charge in [-0.3, -0.25) is 9.59 Å². The summed E-state index contributed by atoms with van der Waals surface area (Å²) >= 11 is 1.05. The van der Waals surface area contributed by atoms with Crippen LogP contribution in [0, 0.1) is 0 Å². The molecule has 0 saturated carbocycles. The molecule has 1 atom stereocenters. The number of carbonyl (C=O) groups excluding carboxylic acids is 2. The van der Waals surface area contributed by atoms with E-state index in [2.05, 4.69) is 0 Å². The molecule has 1 aliphatic rings. The minimum atomic E-state index is -1.27. The molecule has 0 spiro atoms. The van der Waals surface area contributed by atoms with Crippen molar-refractivity contribution in [2.45, 2.75) is 18.6 Å². The molecule has 116 valence electrons. The molecule has 1 aliphatic heterocycles. The third-order valence-electron chi connectivity index (χ3n) is 3.15. The van der Waals surface area contributed by atoms with E-state index in [1.807, 2.05) is 0 Å². The van der Waals surface area contributed by atoms with Gasteiger partial charge in [0.05, 0.1) is 11.1 Å². The molecule has 1 saturated heterocycles. The Morgan fingerprint density at radius 3 is 2.14 bits per heavy atom. The molecule has 2 rings (SSSR count). The zero-order valence-electron chi connectivity index (χ0n) is 11.6. The number of benzene rings is 1. The summed E-state index contributed by atoms with van der Waals surface area (Å²) in [5, 5.41) is 17.8. The monoisotopic (exact) mass is 323 g/mol. The standard InChI is InChI=1S/C14H13NO6S/c1-7(16)22-11-5-12(17)15(6-11)10-3-8(13(18)19)2-9(4-10)14(20)21/h2-4,11H,5-6H2,1H3,(H,18,19)(H,20,21). The van der Waals surface area contributed by atoms with Crippen molar-refractivity contribution in [1.29, 1.82) is 0 Å². The maximum absolute atomic E-state index is 12.0. The van der Waals surface area contributed by atoms with Crippen LogP contribution < -0.4 is 4.90 Å². The second-order valence-electron chi connectivity index (χ2n) is 4.82. The van der Waals surface area contributed by atoms with Crippen LogP contribution in [0.25, 0.3) is 0 Å². The number of nitrogens with zero attached hydrogens (tertiary/aromatic N) is 1. The molecule has 1 aromatic carbocycles. The Morgan fingerprint density at radius 1 is 1.14 bits per heavy atom. The van der Waals surface area contributed by atoms with E-state index in [9.17, 15) is 19.2 Å². The number of rotatable bonds is 4. The Morgan fingerprint density at radius 2 is 1.68 bits per heavy atom. The molecule has 1 aromatic rings. The summed E-state index contributed by atoms with van der Waals surface area (Å²) in [7, 11) is 0. The average molecular weight is 323 g/mol. The molecule has 0 radical (unpaired) electrons. The zero-order chi connectivity index (χ0) is 16.4. The molecule has 1 fully saturated rings. The van der Waals surface area contributed by atoms with E-state index >= 15 is 0 Å². The number of amides is 1. The number of hydrogen-bond acceptors (Lipinski definition) is 5. The highest BCUT2D eigenvalue weighted by molar-refractivity contribution is 8.14. The van der Waals surface area contributed by atoms with Crippen molar-refractivity contribution in [2.75, 3.05) is 11.4 Å². The van der Waals surface area contributed by atoms with Crippen LogP contribution >= 0.6 is 11.8 Å². The number of carboxylic acids is 2. The Kier molecular flexibility index (Phi) is 4.51. The average Bonchev–Trinajstić information content (AvgIpc) is 2.78. The van der Waals surface area contributed by atoms with E-state index in [4.69, 9.17) is 10.2 Å². The largest absolute Gasteiger partial charge is 0.478 e. The summed E-state index contributed by atoms with van der Waals surface area (Å²) < 4.78 is 0. The minimum absolute atomic E-state index is 0.106. The maximum atomic E-state index is 12.0. The quantitative estimate of drug-likeness (QED) is 0.862. The van der Waals surface area contributed by atoms with Crippen LogP contribution in [0.3, 0.4) is 0 Å². The van der Waals surface area contributed by atoms with Crippen LogP contribution in [0.4, 0.5) is 5.69 Å². The molecule has 1 heterocycles. The van der Waals surface area contributed by atoms with Crippen molar-refractivity contribution in [3.63, 3.8) is 0 Å². The highest BCUT2D eigenvalue weighted by Gasteiger charge is 2.32. The fraction of sp³-hybridized carbons (Fsp3) is 0.286. The van der Waals surface area contributed by atoms with Crippen molar-refractivity contribution in [3.05, 3.63) is 29.3 Å². The van der Waals surface area contributed by atoms with E-state index in [-0.39, 0.29) is 46.1 Å². The molecular weight excluding hydrogens is 310 g/mol. The second-order valence-corrected chi connectivity index (χ2v) is 6.30. The number of anilines is 1. The molecule has 1 amide bonds. The summed E-state index contributed by atoms with van der Waals surface area (Å²) in [6, 6.07) is 3.55. The van der Waals surface area contributed by atoms with Crippen molar-refractivity contribution < 1.29 is 29.4 Å². The minimum Gasteiger partial charge on any atom is -0.478 e. The topological polar surface area (TPSA) is 112 Å². The molecule has 1 unspecified atom stereocenters. The van der Waals surface area contributed by atoms with Gasteiger partial charge in [0, 0.05) is 30.8 Å². The van der Waals surface area contributed by atoms with Gasteiger partial charge in [0.15, 0.2) is 5.12 Å². The Labute approximate surface area is 129 Å². The first-order chi connectivity index (χ1) is 10.3. The van der Waals surface area contributed by atoms with Gasteiger partial charge < -0.3 is 15.1 Å². The van der Waals surface area contributed by atoms with Gasteiger partial charge in [-0.15, -0.1) is 0 Å². The second kappa shape index (κ2) is 6.18. The van der Waals surface area contributed by atoms with Gasteiger partial charge in [0.2, 0.25) is 5.91 Å². The summed E-state index contributed by atoms with van der Waals surface area (Å²) in [4.78, 5) is 46.6. The van der Waals surface area contributed by atoms with Crippen molar-refractivity contribution in [2.24, 2.45) is 0 Å². The lowest BCUT2D eigenvalue weighted by atomic mass is 10.1. The van der Waals surface area contributed by atoms with E-state index in [1.54, 1.807) is 0 Å². The lowest BCUT2D eigenvalue weighted by Gasteiger charge is -2.17. The molecule has 7 nitrogen and oxygen atoms in total. The Balaban J connectivity index is 2.35. The van der Waals surface area contributed by atoms with Crippen LogP contribution in [0.5, 0.6) is 0 Å². The molecule has 22 heavy (non-hydrogen) atoms. The van der Waals surface area contributed by atoms with Gasteiger partial charge in [-0.25, -0.2) is 9.59 Å². The predicted molar refractivity (Wildman–Crippen MR) is 79.4 cm³/mol. The van der Waals surface area contributed by atoms with Crippen LogP contribution in [0.1, 0.15) is 34.1 Å². The Bertz CT molecular complexity index is 639. The maximum Gasteiger partial charge on any atom is 0.335 e. The van der Waals surface area contributed by atoms with Gasteiger partial charge in [-0.1, -0.05) is 11.8 Å². The molecule has 2 N–H and O–H groups in total. The summed E-state index contributed by atoms with van der Waals surface area (Å²) in [6.45, 7) is 1.65. The summed E-state index contributed by atoms with van der Waals surface area (Å²) in [5.74, 6) is -2.81. The fourth-order valence-corrected chi connectivity index (χ4v) is 3.17. The predicted octanol–water partition coefficient (Wildman–Crippen LogP) is 1.47. The van der Waals surface area contributed by atoms with Crippen LogP contribution in [0.15, 0.2) is 18.2 Å². The van der Waals surface area contributed by atoms with E-state index in [1.165, 1.54) is 24.0 Å². The number of aromatic carboxylic acids is 2. The molecule has 0 bridgehead atoms. The zero-order valence-corrected chi connectivity index (χ0v) is 12.4. The number of carbonyl (C=O) groups is 4. The van der Waals surface area contributed by atoms with Gasteiger partial charge in [0.25, 0.3) is 0 Å². The van der Waals surface area contributed by atoms with Crippen molar-refractivity contribution in [1.82, 2.24) is 0 Å². The number of hydrogen-bond donors (Lipinski definition) is 2. The van der Waals surface area contributed by atoms with E-state index < -0.39 is 11.9 Å². The first-order valence-corrected chi connectivity index (χ1v) is 7.25. The number of carboxylic acid groups (broad SMARTS) is 2.